The molecule has 4 heterocycles. The maximum atomic E-state index is 13.5. The molecule has 1 aliphatic carbocycles. The first-order valence-corrected chi connectivity index (χ1v) is 32.1. The van der Waals surface area contributed by atoms with Crippen molar-refractivity contribution in [3.8, 4) is 5.75 Å². The van der Waals surface area contributed by atoms with Crippen LogP contribution >= 0.6 is 0 Å². The average molecular weight is 1210 g/mol. The van der Waals surface area contributed by atoms with Gasteiger partial charge >= 0.3 is 5.97 Å². The minimum atomic E-state index is -4.33. The van der Waals surface area contributed by atoms with Gasteiger partial charge in [-0.25, -0.2) is 14.8 Å². The second kappa shape index (κ2) is 25.7. The van der Waals surface area contributed by atoms with Gasteiger partial charge in [0.25, 0.3) is 31.7 Å². The van der Waals surface area contributed by atoms with Crippen molar-refractivity contribution in [3.63, 3.8) is 0 Å². The summed E-state index contributed by atoms with van der Waals surface area (Å²) >= 11 is 0. The molecule has 20 nitrogen and oxygen atoms in total. The number of nitrogens with one attached hydrogen (secondary N) is 3. The molecule has 2 aromatic heterocycles. The molecule has 0 radical (unpaired) electrons. The minimum Gasteiger partial charge on any atom is -0.480 e. The van der Waals surface area contributed by atoms with Crippen molar-refractivity contribution < 1.29 is 49.9 Å². The zero-order valence-electron chi connectivity index (χ0n) is 49.2. The highest BCUT2D eigenvalue weighted by Crippen LogP contribution is 2.49. The number of anilines is 3. The van der Waals surface area contributed by atoms with Crippen LogP contribution in [0.3, 0.4) is 0 Å². The topological polar surface area (TPSA) is 300 Å². The predicted octanol–water partition coefficient (Wildman–Crippen LogP) is 9.95. The number of hydrogen-bond donors (Lipinski definition) is 7. The number of amides is 1. The summed E-state index contributed by atoms with van der Waals surface area (Å²) in [6.07, 6.45) is 16.0. The zero-order chi connectivity index (χ0) is 61.7. The predicted molar refractivity (Wildman–Crippen MR) is 333 cm³/mol. The molecule has 452 valence electrons. The van der Waals surface area contributed by atoms with Crippen LogP contribution in [-0.4, -0.2) is 98.0 Å². The van der Waals surface area contributed by atoms with Crippen LogP contribution in [0.1, 0.15) is 130 Å². The van der Waals surface area contributed by atoms with Crippen LogP contribution in [0.15, 0.2) is 143 Å². The molecule has 3 aliphatic rings. The van der Waals surface area contributed by atoms with Gasteiger partial charge in [-0.1, -0.05) is 75.6 Å². The Balaban J connectivity index is 0.998. The number of unbranched alkanes of at least 4 members (excludes halogenated alkanes) is 3. The average Bonchev–Trinajstić information content (AvgIpc) is 1.65. The van der Waals surface area contributed by atoms with Gasteiger partial charge in [-0.3, -0.25) is 23.7 Å². The van der Waals surface area contributed by atoms with E-state index in [0.29, 0.717) is 59.8 Å². The van der Waals surface area contributed by atoms with Gasteiger partial charge in [0.05, 0.1) is 29.6 Å². The quantitative estimate of drug-likeness (QED) is 0.0168. The molecule has 0 unspecified atom stereocenters. The maximum absolute atomic E-state index is 13.5. The monoisotopic (exact) mass is 1210 g/mol. The van der Waals surface area contributed by atoms with Crippen molar-refractivity contribution in [3.05, 3.63) is 187 Å². The Kier molecular flexibility index (Phi) is 18.6. The summed E-state index contributed by atoms with van der Waals surface area (Å²) in [5.41, 5.74) is 15.9. The van der Waals surface area contributed by atoms with Crippen LogP contribution in [0.2, 0.25) is 0 Å². The molecule has 2 aliphatic heterocycles. The van der Waals surface area contributed by atoms with E-state index in [2.05, 4.69) is 104 Å². The van der Waals surface area contributed by atoms with Crippen LogP contribution in [0.5, 0.6) is 5.75 Å². The number of ether oxygens (including phenoxy) is 1. The molecular weight excluding hydrogens is 1130 g/mol. The highest BCUT2D eigenvalue weighted by molar-refractivity contribution is 7.85. The first-order valence-electron chi connectivity index (χ1n) is 28.8. The number of H-pyrrole nitrogens is 1. The number of allylic oxidation sites excluding steroid dienone is 7. The van der Waals surface area contributed by atoms with E-state index < -0.39 is 60.6 Å². The smallest absolute Gasteiger partial charge is 0.326 e. The number of rotatable bonds is 24. The first-order chi connectivity index (χ1) is 40.8. The molecule has 0 fully saturated rings. The summed E-state index contributed by atoms with van der Waals surface area (Å²) in [5, 5.41) is 16.2. The Labute approximate surface area is 501 Å². The Morgan fingerprint density at radius 3 is 2.31 bits per heavy atom. The van der Waals surface area contributed by atoms with Crippen molar-refractivity contribution >= 4 is 72.0 Å². The molecule has 1 amide bonds. The van der Waals surface area contributed by atoms with E-state index in [1.54, 1.807) is 60.7 Å². The number of aliphatic carboxylic acids is 1. The SMILES string of the molecule is CCCCCN1/C(=C/C=C2\CCCC(/C=C/C3=[N+](CCCCS(=O)(=O)O)c4ccc(CS(=O)(=O)O)cc4C3(C)C)=C2Oc2ccc(C[C@H](NC(=O)c3ccc(NCc4cnc5nc(N)[nH]c(=O)c5n4)cc3)C(=O)O)cc2)C(C)(C)c2cc(C)ccc21. The summed E-state index contributed by atoms with van der Waals surface area (Å²) in [5.74, 6) is -1.66. The molecule has 0 saturated heterocycles. The molecule has 0 bridgehead atoms. The number of nitrogens with zero attached hydrogens (tertiary/aromatic N) is 5. The summed E-state index contributed by atoms with van der Waals surface area (Å²) in [7, 11) is -8.52. The van der Waals surface area contributed by atoms with Gasteiger partial charge in [-0.05, 0) is 141 Å². The Bertz CT molecular complexity index is 4060. The number of carbonyl (C=O) groups is 2. The van der Waals surface area contributed by atoms with E-state index in [4.69, 9.17) is 10.5 Å². The van der Waals surface area contributed by atoms with E-state index >= 15 is 0 Å². The van der Waals surface area contributed by atoms with Crippen LogP contribution in [0, 0.1) is 6.92 Å². The van der Waals surface area contributed by atoms with Crippen LogP contribution in [0.4, 0.5) is 23.0 Å². The highest BCUT2D eigenvalue weighted by atomic mass is 32.2. The fourth-order valence-electron chi connectivity index (χ4n) is 11.6. The second-order valence-corrected chi connectivity index (χ2v) is 26.3. The highest BCUT2D eigenvalue weighted by Gasteiger charge is 2.45. The van der Waals surface area contributed by atoms with E-state index in [1.165, 1.54) is 28.7 Å². The van der Waals surface area contributed by atoms with Crippen molar-refractivity contribution in [2.45, 2.75) is 128 Å². The van der Waals surface area contributed by atoms with Crippen LogP contribution in [-0.2, 0) is 54.6 Å². The summed E-state index contributed by atoms with van der Waals surface area (Å²) in [6, 6.07) is 24.3. The number of aromatic amines is 1. The van der Waals surface area contributed by atoms with Crippen LogP contribution < -0.4 is 31.6 Å². The van der Waals surface area contributed by atoms with Crippen molar-refractivity contribution in [2.75, 3.05) is 34.8 Å². The molecule has 86 heavy (non-hydrogen) atoms. The van der Waals surface area contributed by atoms with Gasteiger partial charge in [-0.2, -0.15) is 26.4 Å². The normalized spacial score (nSPS) is 17.0. The second-order valence-electron chi connectivity index (χ2n) is 23.3. The standard InChI is InChI=1S/C64H73N9O11S2/c1-7-8-9-31-72-52-27-15-40(2)34-49(52)63(3,4)54(72)29-21-43-13-12-14-44(22-30-55-64(5,6)50-35-42(39-86(81,82)83)18-28-53(50)73(55)32-10-11-33-85(78,79)80)57(43)84-48-25-16-41(17-26-48)36-51(61(76)77)69-59(74)45-19-23-46(24-20-45)66-37-47-38-67-58-56(68-47)60(75)71-62(65)70-58/h15-30,34-35,38,51H,7-14,31-33,36-37,39H2,1-6H3,(H7-,65,66,67,69,70,71,74,75,76,77,78,79,80,81,82,83)/p+1/t51-/m0/s1. The third-order valence-corrected chi connectivity index (χ3v) is 17.5. The number of carbonyl (C=O) groups excluding carboxylic acids is 1. The van der Waals surface area contributed by atoms with E-state index in [0.717, 1.165) is 60.3 Å². The molecule has 22 heteroatoms. The Morgan fingerprint density at radius 2 is 1.60 bits per heavy atom. The third kappa shape index (κ3) is 14.7. The van der Waals surface area contributed by atoms with E-state index in [1.807, 2.05) is 26.0 Å². The van der Waals surface area contributed by atoms with Gasteiger partial charge < -0.3 is 31.1 Å². The fourth-order valence-corrected chi connectivity index (χ4v) is 12.7. The summed E-state index contributed by atoms with van der Waals surface area (Å²) < 4.78 is 75.9. The number of nitrogen functional groups attached to an aromatic ring is 1. The lowest BCUT2D eigenvalue weighted by atomic mass is 9.80. The molecule has 0 saturated carbocycles. The minimum absolute atomic E-state index is 0.0268. The number of hydrogen-bond acceptors (Lipinski definition) is 14. The van der Waals surface area contributed by atoms with Crippen molar-refractivity contribution in [1.29, 1.82) is 0 Å². The lowest BCUT2D eigenvalue weighted by Gasteiger charge is -2.27. The van der Waals surface area contributed by atoms with Gasteiger partial charge in [-0.15, -0.1) is 0 Å². The van der Waals surface area contributed by atoms with Crippen molar-refractivity contribution in [1.82, 2.24) is 25.3 Å². The lowest BCUT2D eigenvalue weighted by molar-refractivity contribution is -0.438. The maximum Gasteiger partial charge on any atom is 0.326 e. The molecule has 1 atom stereocenters. The summed E-state index contributed by atoms with van der Waals surface area (Å²) in [4.78, 5) is 55.9. The van der Waals surface area contributed by atoms with E-state index in [9.17, 15) is 45.4 Å². The third-order valence-electron chi connectivity index (χ3n) is 16.0. The number of fused-ring (bicyclic) bond motifs is 3. The Hall–Kier alpha value is -8.31. The molecule has 9 rings (SSSR count). The zero-order valence-corrected chi connectivity index (χ0v) is 50.8. The molecule has 4 aromatic carbocycles. The fraction of sp³-hybridized carbons (Fsp3) is 0.359. The molecule has 6 aromatic rings. The van der Waals surface area contributed by atoms with Gasteiger partial charge in [0.2, 0.25) is 11.6 Å². The number of carboxylic acids is 1. The number of nitrogens with two attached hydrogens (primary N) is 1. The van der Waals surface area contributed by atoms with Gasteiger partial charge in [0.1, 0.15) is 29.8 Å². The number of aromatic nitrogens is 4. The molecular formula is C64H74N9O11S2+. The number of carboxylic acid groups (broad SMARTS) is 1. The molecule has 8 N–H and O–H groups in total. The van der Waals surface area contributed by atoms with Gasteiger partial charge in [0.15, 0.2) is 16.9 Å². The lowest BCUT2D eigenvalue weighted by Crippen LogP contribution is -2.42. The van der Waals surface area contributed by atoms with Gasteiger partial charge in [0, 0.05) is 65.1 Å². The first kappa shape index (κ1) is 62.2. The largest absolute Gasteiger partial charge is 0.480 e. The Morgan fingerprint density at radius 1 is 0.860 bits per heavy atom. The van der Waals surface area contributed by atoms with Crippen molar-refractivity contribution in [2.24, 2.45) is 0 Å². The van der Waals surface area contributed by atoms with E-state index in [-0.39, 0.29) is 47.5 Å². The number of benzene rings is 4. The summed E-state index contributed by atoms with van der Waals surface area (Å²) in [6.45, 7) is 14.4. The number of aryl methyl sites for hydroxylation is 1. The van der Waals surface area contributed by atoms with Crippen LogP contribution in [0.25, 0.3) is 11.2 Å². The molecule has 0 spiro atoms.